The molecule has 0 aliphatic heterocycles. The highest BCUT2D eigenvalue weighted by Gasteiger charge is 2.19. The monoisotopic (exact) mass is 339 g/mol. The summed E-state index contributed by atoms with van der Waals surface area (Å²) < 4.78 is 0.342. The van der Waals surface area contributed by atoms with Gasteiger partial charge in [-0.3, -0.25) is 14.9 Å². The number of carbonyl (C=O) groups is 1. The van der Waals surface area contributed by atoms with E-state index in [1.54, 1.807) is 35.6 Å². The van der Waals surface area contributed by atoms with Crippen LogP contribution in [0, 0.1) is 20.6 Å². The average molecular weight is 340 g/mol. The number of hydrogen-bond acceptors (Lipinski definition) is 3. The SMILES string of the molecule is Cc1cc(C(=O)CCl)c(I)c([N+](=O)[O-])c1. The number of hydrogen-bond donors (Lipinski definition) is 0. The standard InChI is InChI=1S/C9H7ClINO3/c1-5-2-6(8(13)4-10)9(11)7(3-5)12(14)15/h2-3H,4H2,1H3. The Morgan fingerprint density at radius 3 is 2.67 bits per heavy atom. The van der Waals surface area contributed by atoms with E-state index in [1.165, 1.54) is 6.07 Å². The number of aryl methyl sites for hydroxylation is 1. The molecule has 0 N–H and O–H groups in total. The van der Waals surface area contributed by atoms with Crippen LogP contribution in [0.1, 0.15) is 15.9 Å². The molecule has 0 amide bonds. The van der Waals surface area contributed by atoms with E-state index < -0.39 is 4.92 Å². The van der Waals surface area contributed by atoms with Crippen LogP contribution in [0.2, 0.25) is 0 Å². The Bertz CT molecular complexity index is 434. The van der Waals surface area contributed by atoms with Crippen LogP contribution in [-0.2, 0) is 0 Å². The normalized spacial score (nSPS) is 10.1. The first-order chi connectivity index (χ1) is 6.97. The first kappa shape index (κ1) is 12.4. The Hall–Kier alpha value is -0.690. The molecule has 1 aromatic rings. The lowest BCUT2D eigenvalue weighted by molar-refractivity contribution is -0.385. The number of ketones is 1. The fraction of sp³-hybridized carbons (Fsp3) is 0.222. The summed E-state index contributed by atoms with van der Waals surface area (Å²) in [6.07, 6.45) is 0. The third kappa shape index (κ3) is 2.66. The lowest BCUT2D eigenvalue weighted by atomic mass is 10.1. The van der Waals surface area contributed by atoms with Crippen LogP contribution < -0.4 is 0 Å². The maximum absolute atomic E-state index is 11.4. The summed E-state index contributed by atoms with van der Waals surface area (Å²) in [6, 6.07) is 3.05. The lowest BCUT2D eigenvalue weighted by Gasteiger charge is -2.04. The van der Waals surface area contributed by atoms with E-state index in [9.17, 15) is 14.9 Å². The van der Waals surface area contributed by atoms with Crippen LogP contribution in [0.15, 0.2) is 12.1 Å². The van der Waals surface area contributed by atoms with Gasteiger partial charge in [-0.2, -0.15) is 0 Å². The topological polar surface area (TPSA) is 60.2 Å². The molecule has 0 heterocycles. The number of halogens is 2. The van der Waals surface area contributed by atoms with Crippen LogP contribution in [0.5, 0.6) is 0 Å². The third-order valence-electron chi connectivity index (χ3n) is 1.82. The minimum atomic E-state index is -0.500. The van der Waals surface area contributed by atoms with Crippen LogP contribution >= 0.6 is 34.2 Å². The van der Waals surface area contributed by atoms with Crippen molar-refractivity contribution in [2.24, 2.45) is 0 Å². The molecule has 6 heteroatoms. The molecule has 0 radical (unpaired) electrons. The number of nitro benzene ring substituents is 1. The molecule has 0 saturated carbocycles. The van der Waals surface area contributed by atoms with Crippen LogP contribution in [-0.4, -0.2) is 16.6 Å². The molecule has 0 fully saturated rings. The van der Waals surface area contributed by atoms with Crippen molar-refractivity contribution in [3.63, 3.8) is 0 Å². The Morgan fingerprint density at radius 1 is 1.60 bits per heavy atom. The summed E-state index contributed by atoms with van der Waals surface area (Å²) in [5.41, 5.74) is 0.942. The molecule has 80 valence electrons. The van der Waals surface area contributed by atoms with Gasteiger partial charge in [0.15, 0.2) is 5.78 Å². The molecule has 15 heavy (non-hydrogen) atoms. The van der Waals surface area contributed by atoms with Gasteiger partial charge >= 0.3 is 0 Å². The van der Waals surface area contributed by atoms with Gasteiger partial charge in [0, 0.05) is 11.6 Å². The molecule has 0 spiro atoms. The van der Waals surface area contributed by atoms with Crippen molar-refractivity contribution in [1.29, 1.82) is 0 Å². The lowest BCUT2D eigenvalue weighted by Crippen LogP contribution is -2.06. The van der Waals surface area contributed by atoms with E-state index in [4.69, 9.17) is 11.6 Å². The van der Waals surface area contributed by atoms with Crippen molar-refractivity contribution in [3.05, 3.63) is 36.9 Å². The minimum Gasteiger partial charge on any atom is -0.293 e. The second kappa shape index (κ2) is 4.89. The number of benzene rings is 1. The molecule has 0 bridgehead atoms. The Kier molecular flexibility index (Phi) is 4.04. The number of carbonyl (C=O) groups excluding carboxylic acids is 1. The zero-order valence-corrected chi connectivity index (χ0v) is 10.7. The largest absolute Gasteiger partial charge is 0.293 e. The summed E-state index contributed by atoms with van der Waals surface area (Å²) >= 11 is 7.21. The highest BCUT2D eigenvalue weighted by atomic mass is 127. The molecule has 4 nitrogen and oxygen atoms in total. The molecule has 0 aromatic heterocycles. The number of nitrogens with zero attached hydrogens (tertiary/aromatic N) is 1. The van der Waals surface area contributed by atoms with Crippen molar-refractivity contribution in [2.45, 2.75) is 6.92 Å². The van der Waals surface area contributed by atoms with Gasteiger partial charge in [0.05, 0.1) is 10.8 Å². The quantitative estimate of drug-likeness (QED) is 0.280. The average Bonchev–Trinajstić information content (AvgIpc) is 2.19. The van der Waals surface area contributed by atoms with Gasteiger partial charge in [-0.1, -0.05) is 0 Å². The number of rotatable bonds is 3. The first-order valence-electron chi connectivity index (χ1n) is 4.01. The number of Topliss-reactive ketones (excluding diaryl/α,β-unsaturated/α-hetero) is 1. The molecular formula is C9H7ClINO3. The van der Waals surface area contributed by atoms with E-state index in [0.717, 1.165) is 0 Å². The van der Waals surface area contributed by atoms with Gasteiger partial charge in [-0.15, -0.1) is 11.6 Å². The van der Waals surface area contributed by atoms with E-state index in [1.807, 2.05) is 0 Å². The molecular weight excluding hydrogens is 332 g/mol. The van der Waals surface area contributed by atoms with Crippen molar-refractivity contribution in [2.75, 3.05) is 5.88 Å². The van der Waals surface area contributed by atoms with Crippen molar-refractivity contribution < 1.29 is 9.72 Å². The molecule has 0 atom stereocenters. The second-order valence-corrected chi connectivity index (χ2v) is 4.31. The van der Waals surface area contributed by atoms with E-state index in [2.05, 4.69) is 0 Å². The number of alkyl halides is 1. The third-order valence-corrected chi connectivity index (χ3v) is 3.19. The smallest absolute Gasteiger partial charge is 0.283 e. The van der Waals surface area contributed by atoms with Crippen molar-refractivity contribution >= 4 is 45.7 Å². The van der Waals surface area contributed by atoms with Crippen LogP contribution in [0.25, 0.3) is 0 Å². The van der Waals surface area contributed by atoms with E-state index >= 15 is 0 Å². The zero-order chi connectivity index (χ0) is 11.6. The van der Waals surface area contributed by atoms with Gasteiger partial charge in [0.25, 0.3) is 5.69 Å². The van der Waals surface area contributed by atoms with E-state index in [0.29, 0.717) is 14.7 Å². The summed E-state index contributed by atoms with van der Waals surface area (Å²) in [4.78, 5) is 21.6. The Balaban J connectivity index is 3.41. The fourth-order valence-corrected chi connectivity index (χ4v) is 2.11. The summed E-state index contributed by atoms with van der Waals surface area (Å²) in [6.45, 7) is 1.70. The fourth-order valence-electron chi connectivity index (χ4n) is 1.16. The predicted octanol–water partition coefficient (Wildman–Crippen LogP) is 2.93. The van der Waals surface area contributed by atoms with Gasteiger partial charge in [0.1, 0.15) is 3.57 Å². The van der Waals surface area contributed by atoms with Crippen LogP contribution in [0.4, 0.5) is 5.69 Å². The highest BCUT2D eigenvalue weighted by molar-refractivity contribution is 14.1. The molecule has 0 aliphatic rings. The van der Waals surface area contributed by atoms with Gasteiger partial charge in [0.2, 0.25) is 0 Å². The number of nitro groups is 1. The zero-order valence-electron chi connectivity index (χ0n) is 7.79. The van der Waals surface area contributed by atoms with Crippen molar-refractivity contribution in [1.82, 2.24) is 0 Å². The van der Waals surface area contributed by atoms with Crippen LogP contribution in [0.3, 0.4) is 0 Å². The molecule has 1 rings (SSSR count). The summed E-state index contributed by atoms with van der Waals surface area (Å²) in [7, 11) is 0. The van der Waals surface area contributed by atoms with Gasteiger partial charge in [-0.25, -0.2) is 0 Å². The highest BCUT2D eigenvalue weighted by Crippen LogP contribution is 2.26. The minimum absolute atomic E-state index is 0.0518. The Labute approximate surface area is 105 Å². The molecule has 0 unspecified atom stereocenters. The summed E-state index contributed by atoms with van der Waals surface area (Å²) in [5.74, 6) is -0.468. The first-order valence-corrected chi connectivity index (χ1v) is 5.62. The maximum atomic E-state index is 11.4. The van der Waals surface area contributed by atoms with Gasteiger partial charge in [-0.05, 0) is 41.1 Å². The van der Waals surface area contributed by atoms with Gasteiger partial charge < -0.3 is 0 Å². The maximum Gasteiger partial charge on any atom is 0.283 e. The van der Waals surface area contributed by atoms with Crippen molar-refractivity contribution in [3.8, 4) is 0 Å². The second-order valence-electron chi connectivity index (χ2n) is 2.96. The molecule has 0 aliphatic carbocycles. The predicted molar refractivity (Wildman–Crippen MR) is 65.6 cm³/mol. The van der Waals surface area contributed by atoms with E-state index in [-0.39, 0.29) is 17.4 Å². The Morgan fingerprint density at radius 2 is 2.20 bits per heavy atom. The molecule has 1 aromatic carbocycles. The molecule has 0 saturated heterocycles. The summed E-state index contributed by atoms with van der Waals surface area (Å²) in [5, 5.41) is 10.7.